The summed E-state index contributed by atoms with van der Waals surface area (Å²) in [5.41, 5.74) is 6.62. The predicted octanol–water partition coefficient (Wildman–Crippen LogP) is 3.11. The van der Waals surface area contributed by atoms with Crippen molar-refractivity contribution in [2.75, 3.05) is 31.1 Å². The number of nitrogens with zero attached hydrogens (tertiary/aromatic N) is 2. The van der Waals surface area contributed by atoms with Crippen molar-refractivity contribution in [3.05, 3.63) is 29.8 Å². The van der Waals surface area contributed by atoms with Gasteiger partial charge >= 0.3 is 0 Å². The molecule has 1 saturated heterocycles. The molecule has 1 aromatic rings. The van der Waals surface area contributed by atoms with Gasteiger partial charge in [0.25, 0.3) is 0 Å². The molecule has 1 heterocycles. The van der Waals surface area contributed by atoms with E-state index in [1.54, 1.807) is 6.07 Å². The Labute approximate surface area is 158 Å². The molecule has 0 spiro atoms. The number of rotatable bonds is 5. The highest BCUT2D eigenvalue weighted by Crippen LogP contribution is 2.26. The number of guanidine groups is 1. The van der Waals surface area contributed by atoms with Gasteiger partial charge in [0.05, 0.1) is 0 Å². The van der Waals surface area contributed by atoms with Gasteiger partial charge in [-0.25, -0.2) is 8.78 Å². The van der Waals surface area contributed by atoms with Crippen LogP contribution in [0.4, 0.5) is 14.5 Å². The first-order valence-electron chi connectivity index (χ1n) is 8.35. The topological polar surface area (TPSA) is 53.6 Å². The van der Waals surface area contributed by atoms with Crippen molar-refractivity contribution >= 4 is 35.6 Å². The molecule has 1 aromatic carbocycles. The smallest absolute Gasteiger partial charge is 0.188 e. The standard InChI is InChI=1S/C17H24F2N4.HI/c18-15-5-4-14(8-16(15)19)23-7-6-13(11-23)10-22-17(20)21-9-12-2-1-3-12;/h4-5,8,12-13H,1-3,6-7,9-11H2,(H3,20,21,22);1H. The van der Waals surface area contributed by atoms with Crippen LogP contribution >= 0.6 is 24.0 Å². The largest absolute Gasteiger partial charge is 0.371 e. The molecule has 7 heteroatoms. The molecule has 3 rings (SSSR count). The first-order chi connectivity index (χ1) is 11.1. The van der Waals surface area contributed by atoms with Gasteiger partial charge in [-0.3, -0.25) is 4.99 Å². The summed E-state index contributed by atoms with van der Waals surface area (Å²) in [5, 5.41) is 3.19. The van der Waals surface area contributed by atoms with E-state index in [1.807, 2.05) is 0 Å². The van der Waals surface area contributed by atoms with Gasteiger partial charge in [-0.1, -0.05) is 6.42 Å². The third kappa shape index (κ3) is 4.94. The maximum Gasteiger partial charge on any atom is 0.188 e. The Hall–Kier alpha value is -1.12. The zero-order valence-corrected chi connectivity index (χ0v) is 16.0. The quantitative estimate of drug-likeness (QED) is 0.412. The normalized spacial score (nSPS) is 21.3. The third-order valence-electron chi connectivity index (χ3n) is 4.87. The zero-order chi connectivity index (χ0) is 16.2. The summed E-state index contributed by atoms with van der Waals surface area (Å²) in [6, 6.07) is 4.06. The van der Waals surface area contributed by atoms with Crippen LogP contribution in [0.1, 0.15) is 25.7 Å². The maximum atomic E-state index is 13.3. The lowest BCUT2D eigenvalue weighted by Gasteiger charge is -2.25. The number of hydrogen-bond acceptors (Lipinski definition) is 2. The molecule has 1 unspecified atom stereocenters. The molecule has 134 valence electrons. The number of nitrogens with one attached hydrogen (secondary N) is 1. The molecule has 24 heavy (non-hydrogen) atoms. The van der Waals surface area contributed by atoms with Gasteiger partial charge in [0.1, 0.15) is 0 Å². The third-order valence-corrected chi connectivity index (χ3v) is 4.87. The van der Waals surface area contributed by atoms with Crippen LogP contribution in [0.25, 0.3) is 0 Å². The number of aliphatic imine (C=N–C) groups is 1. The van der Waals surface area contributed by atoms with E-state index in [0.717, 1.165) is 37.7 Å². The zero-order valence-electron chi connectivity index (χ0n) is 13.7. The number of benzene rings is 1. The fourth-order valence-corrected chi connectivity index (χ4v) is 3.13. The summed E-state index contributed by atoms with van der Waals surface area (Å²) in [5.74, 6) is 0.0576. The van der Waals surface area contributed by atoms with Gasteiger partial charge in [0.15, 0.2) is 17.6 Å². The van der Waals surface area contributed by atoms with E-state index in [1.165, 1.54) is 31.4 Å². The highest BCUT2D eigenvalue weighted by molar-refractivity contribution is 14.0. The lowest BCUT2D eigenvalue weighted by molar-refractivity contribution is 0.315. The minimum absolute atomic E-state index is 0. The van der Waals surface area contributed by atoms with Gasteiger partial charge in [0, 0.05) is 37.9 Å². The monoisotopic (exact) mass is 450 g/mol. The van der Waals surface area contributed by atoms with Crippen molar-refractivity contribution in [2.45, 2.75) is 25.7 Å². The molecule has 2 fully saturated rings. The summed E-state index contributed by atoms with van der Waals surface area (Å²) >= 11 is 0. The Morgan fingerprint density at radius 1 is 1.21 bits per heavy atom. The molecular formula is C17H25F2IN4. The molecule has 0 amide bonds. The van der Waals surface area contributed by atoms with Crippen molar-refractivity contribution in [2.24, 2.45) is 22.6 Å². The minimum Gasteiger partial charge on any atom is -0.371 e. The van der Waals surface area contributed by atoms with Crippen LogP contribution in [0.2, 0.25) is 0 Å². The molecule has 1 atom stereocenters. The molecule has 0 bridgehead atoms. The van der Waals surface area contributed by atoms with E-state index < -0.39 is 11.6 Å². The van der Waals surface area contributed by atoms with Crippen LogP contribution in [0.3, 0.4) is 0 Å². The Balaban J connectivity index is 0.00000208. The highest BCUT2D eigenvalue weighted by Gasteiger charge is 2.23. The molecule has 1 aliphatic heterocycles. The predicted molar refractivity (Wildman–Crippen MR) is 104 cm³/mol. The average molecular weight is 450 g/mol. The SMILES string of the molecule is I.NC(=NCC1CCN(c2ccc(F)c(F)c2)C1)NCC1CCC1. The fraction of sp³-hybridized carbons (Fsp3) is 0.588. The van der Waals surface area contributed by atoms with Gasteiger partial charge < -0.3 is 16.0 Å². The first kappa shape index (κ1) is 19.2. The van der Waals surface area contributed by atoms with Crippen LogP contribution < -0.4 is 16.0 Å². The average Bonchev–Trinajstić information content (AvgIpc) is 2.95. The Morgan fingerprint density at radius 2 is 2.00 bits per heavy atom. The fourth-order valence-electron chi connectivity index (χ4n) is 3.13. The molecule has 0 radical (unpaired) electrons. The summed E-state index contributed by atoms with van der Waals surface area (Å²) in [6.45, 7) is 3.22. The van der Waals surface area contributed by atoms with E-state index in [4.69, 9.17) is 5.73 Å². The van der Waals surface area contributed by atoms with Crippen molar-refractivity contribution in [1.29, 1.82) is 0 Å². The number of halogens is 3. The highest BCUT2D eigenvalue weighted by atomic mass is 127. The van der Waals surface area contributed by atoms with Crippen LogP contribution in [0, 0.1) is 23.5 Å². The molecule has 0 aromatic heterocycles. The van der Waals surface area contributed by atoms with E-state index >= 15 is 0 Å². The summed E-state index contributed by atoms with van der Waals surface area (Å²) in [4.78, 5) is 6.49. The molecule has 1 aliphatic carbocycles. The van der Waals surface area contributed by atoms with Crippen molar-refractivity contribution in [3.8, 4) is 0 Å². The molecular weight excluding hydrogens is 425 g/mol. The second kappa shape index (κ2) is 8.82. The van der Waals surface area contributed by atoms with Crippen molar-refractivity contribution in [3.63, 3.8) is 0 Å². The van der Waals surface area contributed by atoms with E-state index in [2.05, 4.69) is 15.2 Å². The first-order valence-corrected chi connectivity index (χ1v) is 8.35. The Morgan fingerprint density at radius 3 is 2.67 bits per heavy atom. The molecule has 2 aliphatic rings. The Bertz CT molecular complexity index is 578. The summed E-state index contributed by atoms with van der Waals surface area (Å²) in [7, 11) is 0. The summed E-state index contributed by atoms with van der Waals surface area (Å²) < 4.78 is 26.3. The van der Waals surface area contributed by atoms with Gasteiger partial charge in [-0.15, -0.1) is 24.0 Å². The van der Waals surface area contributed by atoms with Crippen molar-refractivity contribution < 1.29 is 8.78 Å². The Kier molecular flexibility index (Phi) is 7.06. The van der Waals surface area contributed by atoms with Crippen LogP contribution in [0.5, 0.6) is 0 Å². The lowest BCUT2D eigenvalue weighted by Crippen LogP contribution is -2.37. The van der Waals surface area contributed by atoms with Crippen LogP contribution in [0.15, 0.2) is 23.2 Å². The molecule has 4 nitrogen and oxygen atoms in total. The van der Waals surface area contributed by atoms with Crippen LogP contribution in [-0.4, -0.2) is 32.1 Å². The van der Waals surface area contributed by atoms with Gasteiger partial charge in [-0.2, -0.15) is 0 Å². The van der Waals surface area contributed by atoms with E-state index in [0.29, 0.717) is 18.4 Å². The molecule has 3 N–H and O–H groups in total. The second-order valence-electron chi connectivity index (χ2n) is 6.60. The van der Waals surface area contributed by atoms with Gasteiger partial charge in [0.2, 0.25) is 0 Å². The summed E-state index contributed by atoms with van der Waals surface area (Å²) in [6.07, 6.45) is 4.88. The number of anilines is 1. The van der Waals surface area contributed by atoms with Crippen LogP contribution in [-0.2, 0) is 0 Å². The van der Waals surface area contributed by atoms with Gasteiger partial charge in [-0.05, 0) is 43.2 Å². The van der Waals surface area contributed by atoms with E-state index in [-0.39, 0.29) is 24.0 Å². The maximum absolute atomic E-state index is 13.3. The second-order valence-corrected chi connectivity index (χ2v) is 6.60. The lowest BCUT2D eigenvalue weighted by atomic mass is 9.85. The van der Waals surface area contributed by atoms with Crippen molar-refractivity contribution in [1.82, 2.24) is 5.32 Å². The minimum atomic E-state index is -0.806. The molecule has 1 saturated carbocycles. The number of hydrogen-bond donors (Lipinski definition) is 2. The number of nitrogens with two attached hydrogens (primary N) is 1. The van der Waals surface area contributed by atoms with E-state index in [9.17, 15) is 8.78 Å².